The average Bonchev–Trinajstić information content (AvgIpc) is 3.29. The molecule has 1 saturated heterocycles. The second-order valence-corrected chi connectivity index (χ2v) is 10.3. The van der Waals surface area contributed by atoms with Gasteiger partial charge in [-0.1, -0.05) is 50.6 Å². The SMILES string of the molecule is CCOC1CN(c2ccccc2CNC(=O)Nc2cc(C(C)(C)C)nn2-c2cc(Cl)ccc2O)CCO1. The summed E-state index contributed by atoms with van der Waals surface area (Å²) in [6.07, 6.45) is -0.275. The lowest BCUT2D eigenvalue weighted by Gasteiger charge is -2.35. The fourth-order valence-corrected chi connectivity index (χ4v) is 4.28. The number of anilines is 2. The number of morpholine rings is 1. The Kier molecular flexibility index (Phi) is 8.26. The molecule has 1 unspecified atom stereocenters. The number of nitrogens with one attached hydrogen (secondary N) is 2. The van der Waals surface area contributed by atoms with Gasteiger partial charge in [-0.25, -0.2) is 9.48 Å². The van der Waals surface area contributed by atoms with Crippen LogP contribution in [0.2, 0.25) is 5.02 Å². The zero-order valence-corrected chi connectivity index (χ0v) is 22.4. The highest BCUT2D eigenvalue weighted by molar-refractivity contribution is 6.30. The second kappa shape index (κ2) is 11.4. The van der Waals surface area contributed by atoms with E-state index in [9.17, 15) is 9.90 Å². The maximum absolute atomic E-state index is 13.0. The molecule has 2 amide bonds. The smallest absolute Gasteiger partial charge is 0.320 e. The summed E-state index contributed by atoms with van der Waals surface area (Å²) in [5.41, 5.74) is 2.86. The molecule has 2 heterocycles. The van der Waals surface area contributed by atoms with Crippen LogP contribution in [-0.4, -0.2) is 53.5 Å². The van der Waals surface area contributed by atoms with Crippen molar-refractivity contribution >= 4 is 29.1 Å². The first-order valence-electron chi connectivity index (χ1n) is 12.4. The fourth-order valence-electron chi connectivity index (χ4n) is 4.12. The molecule has 2 aromatic carbocycles. The molecule has 0 aliphatic carbocycles. The van der Waals surface area contributed by atoms with Gasteiger partial charge in [0.25, 0.3) is 0 Å². The molecule has 1 fully saturated rings. The molecule has 1 aliphatic heterocycles. The number of carbonyl (C=O) groups excluding carboxylic acids is 1. The number of urea groups is 1. The minimum absolute atomic E-state index is 0.00112. The zero-order valence-electron chi connectivity index (χ0n) is 21.6. The molecule has 0 spiro atoms. The third-order valence-corrected chi connectivity index (χ3v) is 6.28. The van der Waals surface area contributed by atoms with E-state index >= 15 is 0 Å². The quantitative estimate of drug-likeness (QED) is 0.397. The van der Waals surface area contributed by atoms with E-state index < -0.39 is 6.03 Å². The van der Waals surface area contributed by atoms with Crippen LogP contribution in [0.5, 0.6) is 5.75 Å². The van der Waals surface area contributed by atoms with E-state index in [2.05, 4.69) is 20.6 Å². The number of hydrogen-bond acceptors (Lipinski definition) is 6. The van der Waals surface area contributed by atoms with Crippen molar-refractivity contribution in [1.82, 2.24) is 15.1 Å². The van der Waals surface area contributed by atoms with Crippen molar-refractivity contribution in [3.63, 3.8) is 0 Å². The van der Waals surface area contributed by atoms with Gasteiger partial charge >= 0.3 is 6.03 Å². The molecule has 3 aromatic rings. The molecule has 1 aliphatic rings. The van der Waals surface area contributed by atoms with Crippen LogP contribution in [-0.2, 0) is 21.4 Å². The Labute approximate surface area is 222 Å². The monoisotopic (exact) mass is 527 g/mol. The minimum Gasteiger partial charge on any atom is -0.506 e. The first kappa shape index (κ1) is 26.8. The average molecular weight is 528 g/mol. The topological polar surface area (TPSA) is 101 Å². The fraction of sp³-hybridized carbons (Fsp3) is 0.407. The van der Waals surface area contributed by atoms with Gasteiger partial charge in [0.15, 0.2) is 6.29 Å². The van der Waals surface area contributed by atoms with Gasteiger partial charge in [-0.2, -0.15) is 5.10 Å². The molecular weight excluding hydrogens is 494 g/mol. The Morgan fingerprint density at radius 2 is 2.00 bits per heavy atom. The molecule has 0 radical (unpaired) electrons. The summed E-state index contributed by atoms with van der Waals surface area (Å²) in [5, 5.41) is 21.4. The summed E-state index contributed by atoms with van der Waals surface area (Å²) in [4.78, 5) is 15.2. The number of phenols is 1. The number of benzene rings is 2. The summed E-state index contributed by atoms with van der Waals surface area (Å²) in [5.74, 6) is 0.419. The van der Waals surface area contributed by atoms with E-state index in [1.54, 1.807) is 18.2 Å². The molecule has 4 rings (SSSR count). The summed E-state index contributed by atoms with van der Waals surface area (Å²) >= 11 is 6.17. The largest absolute Gasteiger partial charge is 0.506 e. The lowest BCUT2D eigenvalue weighted by atomic mass is 9.92. The second-order valence-electron chi connectivity index (χ2n) is 9.85. The van der Waals surface area contributed by atoms with Gasteiger partial charge in [-0.05, 0) is 36.8 Å². The maximum Gasteiger partial charge on any atom is 0.320 e. The van der Waals surface area contributed by atoms with Gasteiger partial charge in [0, 0.05) is 41.9 Å². The van der Waals surface area contributed by atoms with Crippen molar-refractivity contribution in [2.45, 2.75) is 45.9 Å². The number of halogens is 1. The van der Waals surface area contributed by atoms with Crippen LogP contribution in [0.3, 0.4) is 0 Å². The highest BCUT2D eigenvalue weighted by Gasteiger charge is 2.24. The van der Waals surface area contributed by atoms with Gasteiger partial charge in [-0.3, -0.25) is 5.32 Å². The van der Waals surface area contributed by atoms with Crippen molar-refractivity contribution in [3.05, 3.63) is 64.8 Å². The summed E-state index contributed by atoms with van der Waals surface area (Å²) in [6.45, 7) is 10.9. The van der Waals surface area contributed by atoms with E-state index in [0.717, 1.165) is 23.5 Å². The molecule has 3 N–H and O–H groups in total. The minimum atomic E-state index is -0.396. The zero-order chi connectivity index (χ0) is 26.6. The molecule has 198 valence electrons. The predicted molar refractivity (Wildman–Crippen MR) is 145 cm³/mol. The standard InChI is InChI=1S/C27H34ClN5O4/c1-5-36-25-17-32(12-13-37-25)20-9-7-6-8-18(20)16-29-26(35)30-24-15-23(27(2,3)4)31-33(24)21-14-19(28)10-11-22(21)34/h6-11,14-15,25,34H,5,12-13,16-17H2,1-4H3,(H2,29,30,35). The van der Waals surface area contributed by atoms with Crippen molar-refractivity contribution in [2.24, 2.45) is 0 Å². The lowest BCUT2D eigenvalue weighted by molar-refractivity contribution is -0.143. The molecule has 9 nitrogen and oxygen atoms in total. The van der Waals surface area contributed by atoms with Crippen LogP contribution in [0.15, 0.2) is 48.5 Å². The normalized spacial score (nSPS) is 16.0. The van der Waals surface area contributed by atoms with E-state index in [1.165, 1.54) is 10.7 Å². The molecule has 1 atom stereocenters. The third-order valence-electron chi connectivity index (χ3n) is 6.04. The molecular formula is C27H34ClN5O4. The van der Waals surface area contributed by atoms with E-state index in [-0.39, 0.29) is 17.5 Å². The molecule has 1 aromatic heterocycles. The Hall–Kier alpha value is -3.27. The van der Waals surface area contributed by atoms with Crippen molar-refractivity contribution in [1.29, 1.82) is 0 Å². The Morgan fingerprint density at radius 3 is 2.76 bits per heavy atom. The Balaban J connectivity index is 1.51. The van der Waals surface area contributed by atoms with Crippen LogP contribution >= 0.6 is 11.6 Å². The van der Waals surface area contributed by atoms with Gasteiger partial charge in [-0.15, -0.1) is 0 Å². The first-order valence-corrected chi connectivity index (χ1v) is 12.7. The van der Waals surface area contributed by atoms with Crippen molar-refractivity contribution in [3.8, 4) is 11.4 Å². The summed E-state index contributed by atoms with van der Waals surface area (Å²) in [6, 6.07) is 14.1. The van der Waals surface area contributed by atoms with Gasteiger partial charge in [0.05, 0.1) is 18.8 Å². The number of rotatable bonds is 7. The van der Waals surface area contributed by atoms with Crippen LogP contribution in [0.4, 0.5) is 16.3 Å². The Bertz CT molecular complexity index is 1240. The number of aromatic hydroxyl groups is 1. The molecule has 0 saturated carbocycles. The van der Waals surface area contributed by atoms with Crippen LogP contribution in [0.25, 0.3) is 5.69 Å². The van der Waals surface area contributed by atoms with E-state index in [0.29, 0.717) is 42.8 Å². The van der Waals surface area contributed by atoms with Crippen LogP contribution < -0.4 is 15.5 Å². The van der Waals surface area contributed by atoms with Crippen molar-refractivity contribution in [2.75, 3.05) is 36.5 Å². The van der Waals surface area contributed by atoms with Gasteiger partial charge in [0.2, 0.25) is 0 Å². The highest BCUT2D eigenvalue weighted by atomic mass is 35.5. The lowest BCUT2D eigenvalue weighted by Crippen LogP contribution is -2.44. The number of amides is 2. The number of ether oxygens (including phenoxy) is 2. The number of hydrogen-bond donors (Lipinski definition) is 3. The van der Waals surface area contributed by atoms with Gasteiger partial charge in [0.1, 0.15) is 17.3 Å². The van der Waals surface area contributed by atoms with E-state index in [4.69, 9.17) is 21.1 Å². The predicted octanol–water partition coefficient (Wildman–Crippen LogP) is 5.05. The van der Waals surface area contributed by atoms with Gasteiger partial charge < -0.3 is 24.8 Å². The molecule has 0 bridgehead atoms. The number of nitrogens with zero attached hydrogens (tertiary/aromatic N) is 3. The van der Waals surface area contributed by atoms with Crippen LogP contribution in [0.1, 0.15) is 39.0 Å². The number of para-hydroxylation sites is 1. The van der Waals surface area contributed by atoms with E-state index in [1.807, 2.05) is 52.0 Å². The number of aromatic nitrogens is 2. The molecule has 10 heteroatoms. The summed E-state index contributed by atoms with van der Waals surface area (Å²) < 4.78 is 12.8. The Morgan fingerprint density at radius 1 is 1.22 bits per heavy atom. The first-order chi connectivity index (χ1) is 17.7. The maximum atomic E-state index is 13.0. The number of carbonyl (C=O) groups is 1. The highest BCUT2D eigenvalue weighted by Crippen LogP contribution is 2.31. The van der Waals surface area contributed by atoms with Crippen molar-refractivity contribution < 1.29 is 19.4 Å². The third kappa shape index (κ3) is 6.54. The molecule has 37 heavy (non-hydrogen) atoms. The van der Waals surface area contributed by atoms with Crippen LogP contribution in [0, 0.1) is 0 Å². The number of phenolic OH excluding ortho intramolecular Hbond substituents is 1. The summed E-state index contributed by atoms with van der Waals surface area (Å²) in [7, 11) is 0.